The predicted molar refractivity (Wildman–Crippen MR) is 58.7 cm³/mol. The molecule has 88 valence electrons. The smallest absolute Gasteiger partial charge is 0.326 e. The van der Waals surface area contributed by atoms with Crippen LogP contribution in [0.15, 0.2) is 0 Å². The summed E-state index contributed by atoms with van der Waals surface area (Å²) in [7, 11) is 0. The van der Waals surface area contributed by atoms with Crippen LogP contribution in [0, 0.1) is 10.8 Å². The molecule has 0 saturated heterocycles. The van der Waals surface area contributed by atoms with Gasteiger partial charge in [-0.05, 0) is 41.5 Å². The van der Waals surface area contributed by atoms with Gasteiger partial charge in [0.25, 0.3) is 12.3 Å². The van der Waals surface area contributed by atoms with E-state index in [1.807, 2.05) is 0 Å². The molecule has 0 saturated carbocycles. The van der Waals surface area contributed by atoms with Gasteiger partial charge in [-0.1, -0.05) is 0 Å². The van der Waals surface area contributed by atoms with Gasteiger partial charge in [0, 0.05) is 0 Å². The normalized spacial score (nSPS) is 12.1. The lowest BCUT2D eigenvalue weighted by molar-refractivity contribution is -0.144. The largest absolute Gasteiger partial charge is 0.354 e. The molecule has 0 atom stereocenters. The van der Waals surface area contributed by atoms with Crippen molar-refractivity contribution in [2.75, 3.05) is 0 Å². The molecule has 0 heterocycles. The van der Waals surface area contributed by atoms with Gasteiger partial charge in [-0.15, -0.1) is 0 Å². The van der Waals surface area contributed by atoms with E-state index in [2.05, 4.69) is 0 Å². The third kappa shape index (κ3) is 5.67. The zero-order valence-corrected chi connectivity index (χ0v) is 10.9. The molecule has 0 spiro atoms. The summed E-state index contributed by atoms with van der Waals surface area (Å²) in [6.07, 6.45) is 0. The molecular formula is C10H18O4S. The molecule has 0 bridgehead atoms. The minimum Gasteiger partial charge on any atom is -0.354 e. The first kappa shape index (κ1) is 14.3. The van der Waals surface area contributed by atoms with Crippen LogP contribution in [0.3, 0.4) is 0 Å². The maximum Gasteiger partial charge on any atom is 0.326 e. The number of hydrogen-bond donors (Lipinski definition) is 0. The molecule has 0 aliphatic heterocycles. The molecule has 4 nitrogen and oxygen atoms in total. The topological polar surface area (TPSA) is 52.6 Å². The van der Waals surface area contributed by atoms with E-state index < -0.39 is 22.8 Å². The Kier molecular flexibility index (Phi) is 4.65. The summed E-state index contributed by atoms with van der Waals surface area (Å²) >= 11 is 0.424. The second-order valence-electron chi connectivity index (χ2n) is 5.31. The summed E-state index contributed by atoms with van der Waals surface area (Å²) in [4.78, 5) is 22.5. The molecule has 0 amide bonds. The predicted octanol–water partition coefficient (Wildman–Crippen LogP) is 2.73. The molecule has 0 radical (unpaired) electrons. The van der Waals surface area contributed by atoms with E-state index in [0.29, 0.717) is 12.3 Å². The van der Waals surface area contributed by atoms with Crippen LogP contribution >= 0.6 is 12.3 Å². The average Bonchev–Trinajstić information content (AvgIpc) is 2.00. The van der Waals surface area contributed by atoms with Crippen molar-refractivity contribution in [1.82, 2.24) is 0 Å². The van der Waals surface area contributed by atoms with E-state index in [1.54, 1.807) is 41.5 Å². The van der Waals surface area contributed by atoms with Crippen molar-refractivity contribution in [3.05, 3.63) is 0 Å². The van der Waals surface area contributed by atoms with E-state index in [1.165, 1.54) is 0 Å². The second-order valence-corrected chi connectivity index (χ2v) is 5.78. The van der Waals surface area contributed by atoms with Crippen LogP contribution in [0.5, 0.6) is 0 Å². The van der Waals surface area contributed by atoms with Crippen LogP contribution in [0.4, 0.5) is 0 Å². The first-order valence-corrected chi connectivity index (χ1v) is 5.32. The highest BCUT2D eigenvalue weighted by molar-refractivity contribution is 7.90. The summed E-state index contributed by atoms with van der Waals surface area (Å²) < 4.78 is 9.41. The van der Waals surface area contributed by atoms with Crippen LogP contribution in [0.2, 0.25) is 0 Å². The molecule has 0 rings (SSSR count). The monoisotopic (exact) mass is 234 g/mol. The summed E-state index contributed by atoms with van der Waals surface area (Å²) in [5.74, 6) is -0.844. The maximum absolute atomic E-state index is 11.3. The molecule has 0 aliphatic carbocycles. The fourth-order valence-electron chi connectivity index (χ4n) is 0.329. The van der Waals surface area contributed by atoms with Gasteiger partial charge >= 0.3 is 11.9 Å². The van der Waals surface area contributed by atoms with Crippen LogP contribution in [-0.2, 0) is 18.0 Å². The third-order valence-electron chi connectivity index (χ3n) is 1.44. The molecule has 0 fully saturated rings. The minimum absolute atomic E-state index is 0.422. The minimum atomic E-state index is -0.596. The maximum atomic E-state index is 11.3. The van der Waals surface area contributed by atoms with Crippen LogP contribution < -0.4 is 0 Å². The molecule has 0 aromatic rings. The number of carbonyl (C=O) groups excluding carboxylic acids is 2. The SMILES string of the molecule is CC(C)(C)C(=O)OSOC(=O)C(C)(C)C. The fourth-order valence-corrected chi connectivity index (χ4v) is 0.986. The highest BCUT2D eigenvalue weighted by Gasteiger charge is 2.27. The third-order valence-corrected chi connectivity index (χ3v) is 1.88. The molecule has 0 unspecified atom stereocenters. The lowest BCUT2D eigenvalue weighted by Crippen LogP contribution is -2.23. The quantitative estimate of drug-likeness (QED) is 0.688. The zero-order chi connectivity index (χ0) is 12.3. The first-order valence-electron chi connectivity index (χ1n) is 4.65. The Hall–Kier alpha value is -0.710. The van der Waals surface area contributed by atoms with E-state index in [-0.39, 0.29) is 0 Å². The Morgan fingerprint density at radius 2 is 1.07 bits per heavy atom. The summed E-state index contributed by atoms with van der Waals surface area (Å²) in [6.45, 7) is 10.3. The molecule has 5 heteroatoms. The standard InChI is InChI=1S/C10H18O4S/c1-9(2,3)7(11)13-15-14-8(12)10(4,5)6/h1-6H3. The van der Waals surface area contributed by atoms with Crippen LogP contribution in [0.1, 0.15) is 41.5 Å². The summed E-state index contributed by atoms with van der Waals surface area (Å²) in [5.41, 5.74) is -1.19. The van der Waals surface area contributed by atoms with E-state index in [4.69, 9.17) is 8.37 Å². The molecule has 15 heavy (non-hydrogen) atoms. The Bertz CT molecular complexity index is 221. The lowest BCUT2D eigenvalue weighted by Gasteiger charge is -2.17. The fraction of sp³-hybridized carbons (Fsp3) is 0.800. The van der Waals surface area contributed by atoms with Gasteiger partial charge < -0.3 is 8.37 Å². The van der Waals surface area contributed by atoms with Gasteiger partial charge in [0.05, 0.1) is 10.8 Å². The molecule has 0 aromatic carbocycles. The van der Waals surface area contributed by atoms with Crippen LogP contribution in [-0.4, -0.2) is 11.9 Å². The molecular weight excluding hydrogens is 216 g/mol. The van der Waals surface area contributed by atoms with E-state index in [9.17, 15) is 9.59 Å². The summed E-state index contributed by atoms with van der Waals surface area (Å²) in [6, 6.07) is 0. The van der Waals surface area contributed by atoms with Crippen molar-refractivity contribution in [3.8, 4) is 0 Å². The zero-order valence-electron chi connectivity index (χ0n) is 10.0. The Balaban J connectivity index is 3.92. The lowest BCUT2D eigenvalue weighted by atomic mass is 9.98. The molecule has 0 N–H and O–H groups in total. The second kappa shape index (κ2) is 4.88. The van der Waals surface area contributed by atoms with Crippen molar-refractivity contribution >= 4 is 24.3 Å². The highest BCUT2D eigenvalue weighted by Crippen LogP contribution is 2.23. The number of hydrogen-bond acceptors (Lipinski definition) is 5. The van der Waals surface area contributed by atoms with Crippen LogP contribution in [0.25, 0.3) is 0 Å². The van der Waals surface area contributed by atoms with Crippen molar-refractivity contribution in [2.45, 2.75) is 41.5 Å². The van der Waals surface area contributed by atoms with Crippen molar-refractivity contribution in [1.29, 1.82) is 0 Å². The number of carbonyl (C=O) groups is 2. The molecule has 0 aliphatic rings. The van der Waals surface area contributed by atoms with Gasteiger partial charge in [0.15, 0.2) is 0 Å². The van der Waals surface area contributed by atoms with Crippen molar-refractivity contribution in [2.24, 2.45) is 10.8 Å². The van der Waals surface area contributed by atoms with E-state index in [0.717, 1.165) is 0 Å². The number of rotatable bonds is 2. The van der Waals surface area contributed by atoms with Crippen molar-refractivity contribution in [3.63, 3.8) is 0 Å². The van der Waals surface area contributed by atoms with Gasteiger partial charge in [0.1, 0.15) is 0 Å². The van der Waals surface area contributed by atoms with Crippen molar-refractivity contribution < 1.29 is 18.0 Å². The van der Waals surface area contributed by atoms with Gasteiger partial charge in [-0.25, -0.2) is 0 Å². The highest BCUT2D eigenvalue weighted by atomic mass is 32.2. The Labute approximate surface area is 95.1 Å². The summed E-state index contributed by atoms with van der Waals surface area (Å²) in [5, 5.41) is 0. The Morgan fingerprint density at radius 3 is 1.27 bits per heavy atom. The first-order chi connectivity index (χ1) is 6.55. The van der Waals surface area contributed by atoms with Gasteiger partial charge in [0.2, 0.25) is 0 Å². The van der Waals surface area contributed by atoms with Gasteiger partial charge in [-0.3, -0.25) is 9.59 Å². The molecule has 0 aromatic heterocycles. The Morgan fingerprint density at radius 1 is 0.800 bits per heavy atom. The van der Waals surface area contributed by atoms with Gasteiger partial charge in [-0.2, -0.15) is 0 Å². The average molecular weight is 234 g/mol. The van der Waals surface area contributed by atoms with E-state index >= 15 is 0 Å².